The number of hydrogen-bond acceptors (Lipinski definition) is 5. The maximum atomic E-state index is 12.6. The topological polar surface area (TPSA) is 48.0 Å². The Bertz CT molecular complexity index is 465. The zero-order chi connectivity index (χ0) is 15.2. The van der Waals surface area contributed by atoms with Gasteiger partial charge in [0, 0.05) is 24.7 Å². The third-order valence-electron chi connectivity index (χ3n) is 3.62. The molecule has 1 unspecified atom stereocenters. The summed E-state index contributed by atoms with van der Waals surface area (Å²) < 4.78 is 16.1. The Morgan fingerprint density at radius 2 is 1.95 bits per heavy atom. The molecule has 1 saturated heterocycles. The van der Waals surface area contributed by atoms with Crippen LogP contribution in [-0.4, -0.2) is 57.2 Å². The number of rotatable bonds is 6. The minimum Gasteiger partial charge on any atom is -0.497 e. The van der Waals surface area contributed by atoms with Crippen LogP contribution in [0.2, 0.25) is 0 Å². The molecule has 0 aromatic heterocycles. The molecule has 5 nitrogen and oxygen atoms in total. The van der Waals surface area contributed by atoms with Crippen LogP contribution in [0.15, 0.2) is 18.2 Å². The van der Waals surface area contributed by atoms with Crippen molar-refractivity contribution < 1.29 is 19.0 Å². The molecule has 0 amide bonds. The standard InChI is InChI=1S/C16H23NO4/c1-4-5-17-6-7-21-15(11-17)16(18)12-8-13(19-2)10-14(9-12)20-3/h8-10,15H,4-7,11H2,1-3H3. The molecule has 1 fully saturated rings. The van der Waals surface area contributed by atoms with Gasteiger partial charge < -0.3 is 14.2 Å². The number of ether oxygens (including phenoxy) is 3. The predicted molar refractivity (Wildman–Crippen MR) is 80.3 cm³/mol. The van der Waals surface area contributed by atoms with Gasteiger partial charge in [-0.3, -0.25) is 9.69 Å². The molecule has 1 aromatic carbocycles. The Morgan fingerprint density at radius 3 is 2.52 bits per heavy atom. The quantitative estimate of drug-likeness (QED) is 0.751. The van der Waals surface area contributed by atoms with Gasteiger partial charge in [0.2, 0.25) is 0 Å². The van der Waals surface area contributed by atoms with Gasteiger partial charge in [-0.15, -0.1) is 0 Å². The van der Waals surface area contributed by atoms with E-state index in [4.69, 9.17) is 14.2 Å². The first kappa shape index (κ1) is 15.8. The molecule has 1 atom stereocenters. The van der Waals surface area contributed by atoms with E-state index in [1.807, 2.05) is 0 Å². The first-order valence-electron chi connectivity index (χ1n) is 7.29. The number of carbonyl (C=O) groups is 1. The maximum Gasteiger partial charge on any atom is 0.193 e. The molecule has 116 valence electrons. The fourth-order valence-electron chi connectivity index (χ4n) is 2.52. The molecule has 0 spiro atoms. The van der Waals surface area contributed by atoms with Crippen molar-refractivity contribution in [1.29, 1.82) is 0 Å². The molecule has 2 rings (SSSR count). The molecule has 5 heteroatoms. The summed E-state index contributed by atoms with van der Waals surface area (Å²) in [4.78, 5) is 14.9. The van der Waals surface area contributed by atoms with Crippen LogP contribution in [-0.2, 0) is 4.74 Å². The SMILES string of the molecule is CCCN1CCOC(C(=O)c2cc(OC)cc(OC)c2)C1. The number of Topliss-reactive ketones (excluding diaryl/α,β-unsaturated/α-hetero) is 1. The molecular formula is C16H23NO4. The molecule has 0 aliphatic carbocycles. The van der Waals surface area contributed by atoms with Crippen LogP contribution < -0.4 is 9.47 Å². The van der Waals surface area contributed by atoms with Crippen LogP contribution in [0.1, 0.15) is 23.7 Å². The van der Waals surface area contributed by atoms with Crippen molar-refractivity contribution >= 4 is 5.78 Å². The van der Waals surface area contributed by atoms with E-state index in [0.29, 0.717) is 30.2 Å². The van der Waals surface area contributed by atoms with Gasteiger partial charge in [0.15, 0.2) is 5.78 Å². The smallest absolute Gasteiger partial charge is 0.193 e. The van der Waals surface area contributed by atoms with E-state index in [1.165, 1.54) is 0 Å². The van der Waals surface area contributed by atoms with Crippen molar-refractivity contribution in [2.24, 2.45) is 0 Å². The summed E-state index contributed by atoms with van der Waals surface area (Å²) in [6, 6.07) is 5.21. The zero-order valence-corrected chi connectivity index (χ0v) is 12.9. The number of morpholine rings is 1. The van der Waals surface area contributed by atoms with Gasteiger partial charge in [0.25, 0.3) is 0 Å². The minimum absolute atomic E-state index is 0.0204. The summed E-state index contributed by atoms with van der Waals surface area (Å²) >= 11 is 0. The lowest BCUT2D eigenvalue weighted by atomic mass is 10.0. The Balaban J connectivity index is 2.15. The average Bonchev–Trinajstić information content (AvgIpc) is 2.54. The third kappa shape index (κ3) is 3.95. The van der Waals surface area contributed by atoms with Gasteiger partial charge in [-0.1, -0.05) is 6.92 Å². The lowest BCUT2D eigenvalue weighted by Crippen LogP contribution is -2.46. The van der Waals surface area contributed by atoms with Crippen LogP contribution >= 0.6 is 0 Å². The Kier molecular flexibility index (Phi) is 5.59. The number of ketones is 1. The molecule has 21 heavy (non-hydrogen) atoms. The molecule has 1 aliphatic heterocycles. The van der Waals surface area contributed by atoms with Crippen molar-refractivity contribution in [2.45, 2.75) is 19.4 Å². The molecule has 0 N–H and O–H groups in total. The lowest BCUT2D eigenvalue weighted by Gasteiger charge is -2.31. The van der Waals surface area contributed by atoms with E-state index in [9.17, 15) is 4.79 Å². The number of methoxy groups -OCH3 is 2. The number of carbonyl (C=O) groups excluding carboxylic acids is 1. The summed E-state index contributed by atoms with van der Waals surface area (Å²) in [5.41, 5.74) is 0.564. The second-order valence-electron chi connectivity index (χ2n) is 5.13. The molecule has 1 aliphatic rings. The largest absolute Gasteiger partial charge is 0.497 e. The fourth-order valence-corrected chi connectivity index (χ4v) is 2.52. The summed E-state index contributed by atoms with van der Waals surface area (Å²) in [6.45, 7) is 5.26. The average molecular weight is 293 g/mol. The Morgan fingerprint density at radius 1 is 1.29 bits per heavy atom. The minimum atomic E-state index is -0.415. The highest BCUT2D eigenvalue weighted by Gasteiger charge is 2.27. The van der Waals surface area contributed by atoms with Gasteiger partial charge >= 0.3 is 0 Å². The van der Waals surface area contributed by atoms with E-state index in [1.54, 1.807) is 32.4 Å². The summed E-state index contributed by atoms with van der Waals surface area (Å²) in [5.74, 6) is 1.20. The molecule has 1 aromatic rings. The summed E-state index contributed by atoms with van der Waals surface area (Å²) in [5, 5.41) is 0. The van der Waals surface area contributed by atoms with Crippen LogP contribution in [0.4, 0.5) is 0 Å². The van der Waals surface area contributed by atoms with Crippen molar-refractivity contribution in [3.05, 3.63) is 23.8 Å². The summed E-state index contributed by atoms with van der Waals surface area (Å²) in [7, 11) is 3.15. The van der Waals surface area contributed by atoms with E-state index >= 15 is 0 Å². The molecule has 0 saturated carbocycles. The Labute approximate surface area is 125 Å². The first-order valence-corrected chi connectivity index (χ1v) is 7.29. The van der Waals surface area contributed by atoms with Gasteiger partial charge in [-0.2, -0.15) is 0 Å². The van der Waals surface area contributed by atoms with Gasteiger partial charge in [-0.25, -0.2) is 0 Å². The molecule has 1 heterocycles. The second kappa shape index (κ2) is 7.43. The lowest BCUT2D eigenvalue weighted by molar-refractivity contribution is -0.0163. The number of benzene rings is 1. The van der Waals surface area contributed by atoms with Crippen LogP contribution in [0.5, 0.6) is 11.5 Å². The third-order valence-corrected chi connectivity index (χ3v) is 3.62. The number of nitrogens with zero attached hydrogens (tertiary/aromatic N) is 1. The maximum absolute atomic E-state index is 12.6. The number of hydrogen-bond donors (Lipinski definition) is 0. The summed E-state index contributed by atoms with van der Waals surface area (Å²) in [6.07, 6.45) is 0.663. The van der Waals surface area contributed by atoms with E-state index < -0.39 is 6.10 Å². The van der Waals surface area contributed by atoms with Gasteiger partial charge in [0.05, 0.1) is 20.8 Å². The van der Waals surface area contributed by atoms with Crippen LogP contribution in [0, 0.1) is 0 Å². The highest BCUT2D eigenvalue weighted by atomic mass is 16.5. The zero-order valence-electron chi connectivity index (χ0n) is 12.9. The van der Waals surface area contributed by atoms with E-state index in [0.717, 1.165) is 19.5 Å². The van der Waals surface area contributed by atoms with Gasteiger partial charge in [-0.05, 0) is 25.1 Å². The first-order chi connectivity index (χ1) is 10.2. The van der Waals surface area contributed by atoms with E-state index in [2.05, 4.69) is 11.8 Å². The van der Waals surface area contributed by atoms with Crippen molar-refractivity contribution in [3.8, 4) is 11.5 Å². The molecular weight excluding hydrogens is 270 g/mol. The van der Waals surface area contributed by atoms with Crippen molar-refractivity contribution in [1.82, 2.24) is 4.90 Å². The monoisotopic (exact) mass is 293 g/mol. The normalized spacial score (nSPS) is 19.3. The molecule has 0 radical (unpaired) electrons. The van der Waals surface area contributed by atoms with Crippen LogP contribution in [0.3, 0.4) is 0 Å². The van der Waals surface area contributed by atoms with Crippen LogP contribution in [0.25, 0.3) is 0 Å². The van der Waals surface area contributed by atoms with Crippen molar-refractivity contribution in [3.63, 3.8) is 0 Å². The predicted octanol–water partition coefficient (Wildman–Crippen LogP) is 2.00. The molecule has 0 bridgehead atoms. The second-order valence-corrected chi connectivity index (χ2v) is 5.13. The highest BCUT2D eigenvalue weighted by Crippen LogP contribution is 2.24. The van der Waals surface area contributed by atoms with E-state index in [-0.39, 0.29) is 5.78 Å². The fraction of sp³-hybridized carbons (Fsp3) is 0.562. The Hall–Kier alpha value is -1.59. The van der Waals surface area contributed by atoms with Crippen molar-refractivity contribution in [2.75, 3.05) is 40.5 Å². The highest BCUT2D eigenvalue weighted by molar-refractivity contribution is 6.00. The van der Waals surface area contributed by atoms with Gasteiger partial charge in [0.1, 0.15) is 17.6 Å².